The Morgan fingerprint density at radius 2 is 2.12 bits per heavy atom. The van der Waals surface area contributed by atoms with Crippen LogP contribution >= 0.6 is 11.6 Å². The molecule has 0 unspecified atom stereocenters. The van der Waals surface area contributed by atoms with Crippen molar-refractivity contribution in [2.75, 3.05) is 19.6 Å². The normalized spacial score (nSPS) is 18.6. The minimum absolute atomic E-state index is 0.0645. The van der Waals surface area contributed by atoms with E-state index in [1.165, 1.54) is 0 Å². The Morgan fingerprint density at radius 3 is 2.68 bits per heavy atom. The Balaban J connectivity index is 2.02. The lowest BCUT2D eigenvalue weighted by Gasteiger charge is -2.40. The number of nitrogens with zero attached hydrogens (tertiary/aromatic N) is 2. The topological polar surface area (TPSA) is 101 Å². The second-order valence-corrected chi connectivity index (χ2v) is 7.31. The molecule has 25 heavy (non-hydrogen) atoms. The van der Waals surface area contributed by atoms with E-state index in [1.54, 1.807) is 18.3 Å². The van der Waals surface area contributed by atoms with Gasteiger partial charge >= 0.3 is 0 Å². The number of aromatic nitrogens is 2. The van der Waals surface area contributed by atoms with Crippen molar-refractivity contribution in [3.8, 4) is 0 Å². The maximum atomic E-state index is 11.7. The number of hydrogen-bond acceptors (Lipinski definition) is 4. The van der Waals surface area contributed by atoms with Crippen LogP contribution in [-0.2, 0) is 0 Å². The van der Waals surface area contributed by atoms with Crippen LogP contribution < -0.4 is 11.5 Å². The van der Waals surface area contributed by atoms with E-state index in [0.29, 0.717) is 27.4 Å². The molecule has 6 nitrogen and oxygen atoms in total. The van der Waals surface area contributed by atoms with Gasteiger partial charge in [0.15, 0.2) is 0 Å². The standard InChI is InChI=1S/C18H24ClN5O/c1-3-24-6-4-18(2,5-7-24)13(10-20)17-22-14-9-11(19)8-12(16(21)25)15(14)23-17/h8-10H,3-7,20H2,1-2H3,(H2,21,25)(H,22,23). The van der Waals surface area contributed by atoms with E-state index in [2.05, 4.69) is 28.7 Å². The SMILES string of the molecule is CCN1CCC(C)(C(=CN)c2nc3c(C(N)=O)cc(Cl)cc3[nH]2)CC1. The number of carbonyl (C=O) groups is 1. The number of likely N-dealkylation sites (tertiary alicyclic amines) is 1. The minimum Gasteiger partial charge on any atom is -0.404 e. The number of fused-ring (bicyclic) bond motifs is 1. The lowest BCUT2D eigenvalue weighted by molar-refractivity contribution is 0.100. The summed E-state index contributed by atoms with van der Waals surface area (Å²) in [7, 11) is 0. The summed E-state index contributed by atoms with van der Waals surface area (Å²) in [6.07, 6.45) is 3.64. The fraction of sp³-hybridized carbons (Fsp3) is 0.444. The highest BCUT2D eigenvalue weighted by molar-refractivity contribution is 6.32. The zero-order chi connectivity index (χ0) is 18.2. The van der Waals surface area contributed by atoms with Gasteiger partial charge in [0.05, 0.1) is 11.1 Å². The van der Waals surface area contributed by atoms with E-state index in [9.17, 15) is 4.79 Å². The summed E-state index contributed by atoms with van der Waals surface area (Å²) in [4.78, 5) is 22.0. The van der Waals surface area contributed by atoms with Gasteiger partial charge in [0.25, 0.3) is 5.91 Å². The maximum Gasteiger partial charge on any atom is 0.251 e. The number of benzene rings is 1. The molecule has 134 valence electrons. The van der Waals surface area contributed by atoms with E-state index in [1.807, 2.05) is 0 Å². The molecule has 1 aliphatic heterocycles. The van der Waals surface area contributed by atoms with Crippen molar-refractivity contribution in [3.63, 3.8) is 0 Å². The van der Waals surface area contributed by atoms with Crippen molar-refractivity contribution >= 4 is 34.1 Å². The number of primary amides is 1. The van der Waals surface area contributed by atoms with Gasteiger partial charge in [0.1, 0.15) is 11.3 Å². The monoisotopic (exact) mass is 361 g/mol. The highest BCUT2D eigenvalue weighted by atomic mass is 35.5. The van der Waals surface area contributed by atoms with Gasteiger partial charge in [-0.05, 0) is 50.0 Å². The molecular formula is C18H24ClN5O. The first-order valence-electron chi connectivity index (χ1n) is 8.52. The first-order chi connectivity index (χ1) is 11.9. The number of nitrogens with two attached hydrogens (primary N) is 2. The van der Waals surface area contributed by atoms with E-state index < -0.39 is 5.91 Å². The van der Waals surface area contributed by atoms with Crippen LogP contribution in [0.3, 0.4) is 0 Å². The van der Waals surface area contributed by atoms with Crippen LogP contribution in [0.4, 0.5) is 0 Å². The largest absolute Gasteiger partial charge is 0.404 e. The van der Waals surface area contributed by atoms with Crippen molar-refractivity contribution in [3.05, 3.63) is 34.7 Å². The molecule has 1 aromatic heterocycles. The number of carbonyl (C=O) groups excluding carboxylic acids is 1. The molecule has 0 aliphatic carbocycles. The lowest BCUT2D eigenvalue weighted by atomic mass is 9.74. The summed E-state index contributed by atoms with van der Waals surface area (Å²) in [5.41, 5.74) is 13.9. The second-order valence-electron chi connectivity index (χ2n) is 6.87. The molecule has 0 radical (unpaired) electrons. The average Bonchev–Trinajstić information content (AvgIpc) is 2.98. The summed E-state index contributed by atoms with van der Waals surface area (Å²) in [6.45, 7) is 7.51. The summed E-state index contributed by atoms with van der Waals surface area (Å²) >= 11 is 6.10. The van der Waals surface area contributed by atoms with E-state index in [0.717, 1.165) is 38.0 Å². The molecule has 1 amide bonds. The molecule has 0 bridgehead atoms. The van der Waals surface area contributed by atoms with Crippen LogP contribution in [0, 0.1) is 5.41 Å². The quantitative estimate of drug-likeness (QED) is 0.779. The van der Waals surface area contributed by atoms with Gasteiger partial charge in [-0.1, -0.05) is 25.4 Å². The molecular weight excluding hydrogens is 338 g/mol. The third kappa shape index (κ3) is 3.24. The van der Waals surface area contributed by atoms with Crippen LogP contribution in [0.25, 0.3) is 16.6 Å². The number of piperidine rings is 1. The highest BCUT2D eigenvalue weighted by Gasteiger charge is 2.35. The van der Waals surface area contributed by atoms with Gasteiger partial charge in [0, 0.05) is 16.8 Å². The summed E-state index contributed by atoms with van der Waals surface area (Å²) in [6, 6.07) is 3.29. The van der Waals surface area contributed by atoms with Crippen LogP contribution in [0.2, 0.25) is 5.02 Å². The zero-order valence-electron chi connectivity index (χ0n) is 14.6. The summed E-state index contributed by atoms with van der Waals surface area (Å²) < 4.78 is 0. The molecule has 1 fully saturated rings. The first-order valence-corrected chi connectivity index (χ1v) is 8.90. The van der Waals surface area contributed by atoms with Crippen LogP contribution in [0.5, 0.6) is 0 Å². The molecule has 0 spiro atoms. The Morgan fingerprint density at radius 1 is 1.44 bits per heavy atom. The van der Waals surface area contributed by atoms with Gasteiger partial charge in [0.2, 0.25) is 0 Å². The minimum atomic E-state index is -0.550. The van der Waals surface area contributed by atoms with Crippen molar-refractivity contribution in [1.29, 1.82) is 0 Å². The fourth-order valence-corrected chi connectivity index (χ4v) is 3.81. The van der Waals surface area contributed by atoms with Gasteiger partial charge in [-0.3, -0.25) is 4.79 Å². The molecule has 2 heterocycles. The lowest BCUT2D eigenvalue weighted by Crippen LogP contribution is -2.39. The molecule has 0 saturated carbocycles. The molecule has 1 aromatic carbocycles. The third-order valence-electron chi connectivity index (χ3n) is 5.30. The number of aromatic amines is 1. The molecule has 3 rings (SSSR count). The number of rotatable bonds is 4. The Hall–Kier alpha value is -2.05. The molecule has 2 aromatic rings. The predicted molar refractivity (Wildman–Crippen MR) is 101 cm³/mol. The Bertz CT molecular complexity index is 833. The van der Waals surface area contributed by atoms with Crippen molar-refractivity contribution < 1.29 is 4.79 Å². The van der Waals surface area contributed by atoms with Gasteiger partial charge < -0.3 is 21.4 Å². The number of amides is 1. The van der Waals surface area contributed by atoms with Crippen molar-refractivity contribution in [1.82, 2.24) is 14.9 Å². The van der Waals surface area contributed by atoms with E-state index in [4.69, 9.17) is 23.1 Å². The fourth-order valence-electron chi connectivity index (χ4n) is 3.60. The smallest absolute Gasteiger partial charge is 0.251 e. The van der Waals surface area contributed by atoms with E-state index in [-0.39, 0.29) is 5.41 Å². The molecule has 1 aliphatic rings. The average molecular weight is 362 g/mol. The summed E-state index contributed by atoms with van der Waals surface area (Å²) in [5, 5.41) is 0.442. The van der Waals surface area contributed by atoms with Gasteiger partial charge in [-0.25, -0.2) is 4.98 Å². The molecule has 5 N–H and O–H groups in total. The first kappa shape index (κ1) is 17.8. The number of halogens is 1. The molecule has 0 atom stereocenters. The van der Waals surface area contributed by atoms with Gasteiger partial charge in [-0.2, -0.15) is 0 Å². The Labute approximate surface area is 152 Å². The van der Waals surface area contributed by atoms with Crippen LogP contribution in [0.1, 0.15) is 42.9 Å². The van der Waals surface area contributed by atoms with Crippen molar-refractivity contribution in [2.24, 2.45) is 16.9 Å². The maximum absolute atomic E-state index is 11.7. The number of nitrogens with one attached hydrogen (secondary N) is 1. The van der Waals surface area contributed by atoms with Crippen LogP contribution in [-0.4, -0.2) is 40.4 Å². The van der Waals surface area contributed by atoms with E-state index >= 15 is 0 Å². The van der Waals surface area contributed by atoms with Crippen molar-refractivity contribution in [2.45, 2.75) is 26.7 Å². The van der Waals surface area contributed by atoms with Crippen LogP contribution in [0.15, 0.2) is 18.3 Å². The predicted octanol–water partition coefficient (Wildman–Crippen LogP) is 2.74. The Kier molecular flexibility index (Phi) is 4.75. The number of imidazole rings is 1. The third-order valence-corrected chi connectivity index (χ3v) is 5.51. The van der Waals surface area contributed by atoms with Gasteiger partial charge in [-0.15, -0.1) is 0 Å². The highest BCUT2D eigenvalue weighted by Crippen LogP contribution is 2.42. The second kappa shape index (κ2) is 6.69. The molecule has 1 saturated heterocycles. The zero-order valence-corrected chi connectivity index (χ0v) is 15.4. The number of H-pyrrole nitrogens is 1. The number of hydrogen-bond donors (Lipinski definition) is 3. The summed E-state index contributed by atoms with van der Waals surface area (Å²) in [5.74, 6) is 0.126. The molecule has 7 heteroatoms. The number of allylic oxidation sites excluding steroid dienone is 1.